The number of carbonyl (C=O) groups excluding carboxylic acids is 2. The molecular weight excluding hydrogens is 448 g/mol. The van der Waals surface area contributed by atoms with Gasteiger partial charge >= 0.3 is 11.9 Å². The second-order valence-electron chi connectivity index (χ2n) is 10.5. The first-order chi connectivity index (χ1) is 16.7. The van der Waals surface area contributed by atoms with Crippen LogP contribution >= 0.6 is 0 Å². The normalized spacial score (nSPS) is 36.9. The van der Waals surface area contributed by atoms with Crippen LogP contribution in [0.5, 0.6) is 5.75 Å². The molecule has 1 spiro atoms. The predicted octanol–water partition coefficient (Wildman–Crippen LogP) is 2.42. The van der Waals surface area contributed by atoms with Crippen LogP contribution in [0.4, 0.5) is 5.69 Å². The minimum absolute atomic E-state index is 0.0528. The molecule has 190 valence electrons. The van der Waals surface area contributed by atoms with Gasteiger partial charge in [0.25, 0.3) is 0 Å². The number of carbonyl (C=O) groups is 2. The number of ether oxygens (including phenoxy) is 3. The van der Waals surface area contributed by atoms with E-state index in [-0.39, 0.29) is 6.04 Å². The number of hydrogen-bond donors (Lipinski definition) is 1. The zero-order valence-electron chi connectivity index (χ0n) is 21.2. The van der Waals surface area contributed by atoms with Crippen molar-refractivity contribution in [3.8, 4) is 5.75 Å². The minimum atomic E-state index is -2.08. The van der Waals surface area contributed by atoms with Gasteiger partial charge in [-0.15, -0.1) is 0 Å². The molecule has 1 N–H and O–H groups in total. The fourth-order valence-corrected chi connectivity index (χ4v) is 8.01. The van der Waals surface area contributed by atoms with Crippen LogP contribution in [0.15, 0.2) is 30.4 Å². The van der Waals surface area contributed by atoms with Crippen LogP contribution < -0.4 is 9.64 Å². The van der Waals surface area contributed by atoms with Gasteiger partial charge in [-0.05, 0) is 31.0 Å². The van der Waals surface area contributed by atoms with E-state index in [1.54, 1.807) is 7.11 Å². The lowest BCUT2D eigenvalue weighted by atomic mass is 9.47. The summed E-state index contributed by atoms with van der Waals surface area (Å²) in [5.74, 6) is -0.588. The van der Waals surface area contributed by atoms with Crippen LogP contribution in [0.3, 0.4) is 0 Å². The van der Waals surface area contributed by atoms with Gasteiger partial charge in [0.15, 0.2) is 6.10 Å². The number of anilines is 1. The number of unbranched alkanes of at least 4 members (excludes halogenated alkanes) is 1. The molecule has 35 heavy (non-hydrogen) atoms. The van der Waals surface area contributed by atoms with Crippen LogP contribution in [-0.2, 0) is 24.5 Å². The molecule has 1 aromatic rings. The fourth-order valence-electron chi connectivity index (χ4n) is 8.01. The highest BCUT2D eigenvalue weighted by Crippen LogP contribution is 2.67. The molecule has 0 bridgehead atoms. The Morgan fingerprint density at radius 2 is 2.00 bits per heavy atom. The van der Waals surface area contributed by atoms with Crippen LogP contribution in [0.1, 0.15) is 45.1 Å². The van der Waals surface area contributed by atoms with Crippen LogP contribution in [0.25, 0.3) is 0 Å². The molecule has 1 saturated heterocycles. The molecule has 6 atom stereocenters. The quantitative estimate of drug-likeness (QED) is 0.487. The lowest BCUT2D eigenvalue weighted by Gasteiger charge is -2.63. The number of methoxy groups -OCH3 is 2. The van der Waals surface area contributed by atoms with Gasteiger partial charge in [-0.2, -0.15) is 0 Å². The number of hydrogen-bond acceptors (Lipinski definition) is 8. The van der Waals surface area contributed by atoms with Crippen molar-refractivity contribution in [2.45, 2.75) is 68.7 Å². The number of fused-ring (bicyclic) bond motifs is 1. The van der Waals surface area contributed by atoms with E-state index in [9.17, 15) is 14.7 Å². The summed E-state index contributed by atoms with van der Waals surface area (Å²) in [6.07, 6.45) is 6.40. The van der Waals surface area contributed by atoms with E-state index < -0.39 is 40.5 Å². The summed E-state index contributed by atoms with van der Waals surface area (Å²) < 4.78 is 16.8. The number of nitrogens with zero attached hydrogens (tertiary/aromatic N) is 2. The van der Waals surface area contributed by atoms with Gasteiger partial charge in [0.2, 0.25) is 5.60 Å². The highest BCUT2D eigenvalue weighted by molar-refractivity contribution is 5.87. The number of benzene rings is 1. The largest absolute Gasteiger partial charge is 0.497 e. The topological polar surface area (TPSA) is 88.5 Å². The van der Waals surface area contributed by atoms with Crippen molar-refractivity contribution in [1.82, 2.24) is 4.90 Å². The maximum atomic E-state index is 13.7. The molecule has 1 aromatic carbocycles. The van der Waals surface area contributed by atoms with E-state index in [1.165, 1.54) is 14.0 Å². The number of esters is 2. The van der Waals surface area contributed by atoms with Gasteiger partial charge in [-0.25, -0.2) is 4.79 Å². The Labute approximate surface area is 206 Å². The summed E-state index contributed by atoms with van der Waals surface area (Å²) in [6, 6.07) is 5.28. The lowest BCUT2D eigenvalue weighted by molar-refractivity contribution is -0.229. The predicted molar refractivity (Wildman–Crippen MR) is 130 cm³/mol. The second kappa shape index (κ2) is 8.23. The highest BCUT2D eigenvalue weighted by atomic mass is 16.6. The maximum absolute atomic E-state index is 13.7. The van der Waals surface area contributed by atoms with Crippen molar-refractivity contribution >= 4 is 17.6 Å². The SMILES string of the molecule is CCCC[C@]12C=CCN3CC[C@]4(c5ccc(OC)cc5N(C)[C@@H]4[C@](O)(C(=O)OC)[C@H]1OC(C)=O)[C@H]32. The molecule has 0 unspecified atom stereocenters. The number of rotatable bonds is 6. The smallest absolute Gasteiger partial charge is 0.344 e. The minimum Gasteiger partial charge on any atom is -0.497 e. The second-order valence-corrected chi connectivity index (χ2v) is 10.5. The average molecular weight is 485 g/mol. The standard InChI is InChI=1S/C27H36N2O6/c1-6-7-11-25-12-8-14-29-15-13-26(21(25)29)19-10-9-18(33-4)16-20(19)28(3)22(26)27(32,24(31)34-5)23(25)35-17(2)30/h8-10,12,16,21-23,32H,6-7,11,13-15H2,1-5H3/t21-,22+,23+,25-,26+,27-/m1/s1. The van der Waals surface area contributed by atoms with Gasteiger partial charge in [-0.1, -0.05) is 38.0 Å². The Morgan fingerprint density at radius 1 is 1.23 bits per heavy atom. The molecule has 1 aliphatic carbocycles. The molecule has 1 saturated carbocycles. The van der Waals surface area contributed by atoms with Crippen molar-refractivity contribution in [1.29, 1.82) is 0 Å². The average Bonchev–Trinajstić information content (AvgIpc) is 3.36. The fraction of sp³-hybridized carbons (Fsp3) is 0.630. The molecular formula is C27H36N2O6. The molecule has 0 amide bonds. The van der Waals surface area contributed by atoms with E-state index in [4.69, 9.17) is 14.2 Å². The van der Waals surface area contributed by atoms with E-state index in [1.807, 2.05) is 24.1 Å². The van der Waals surface area contributed by atoms with Crippen molar-refractivity contribution < 1.29 is 28.9 Å². The molecule has 8 nitrogen and oxygen atoms in total. The van der Waals surface area contributed by atoms with Crippen molar-refractivity contribution in [3.05, 3.63) is 35.9 Å². The van der Waals surface area contributed by atoms with Gasteiger partial charge in [0.05, 0.1) is 20.3 Å². The summed E-state index contributed by atoms with van der Waals surface area (Å²) in [5.41, 5.74) is -1.38. The van der Waals surface area contributed by atoms with Crippen molar-refractivity contribution in [2.75, 3.05) is 39.3 Å². The molecule has 0 radical (unpaired) electrons. The van der Waals surface area contributed by atoms with E-state index in [2.05, 4.69) is 30.0 Å². The highest BCUT2D eigenvalue weighted by Gasteiger charge is 2.80. The summed E-state index contributed by atoms with van der Waals surface area (Å²) in [4.78, 5) is 30.6. The van der Waals surface area contributed by atoms with E-state index in [0.717, 1.165) is 43.6 Å². The lowest BCUT2D eigenvalue weighted by Crippen LogP contribution is -2.81. The maximum Gasteiger partial charge on any atom is 0.344 e. The van der Waals surface area contributed by atoms with E-state index >= 15 is 0 Å². The molecule has 4 aliphatic rings. The van der Waals surface area contributed by atoms with Crippen LogP contribution in [0.2, 0.25) is 0 Å². The van der Waals surface area contributed by atoms with Crippen LogP contribution in [0, 0.1) is 5.41 Å². The first kappa shape index (κ1) is 24.1. The van der Waals surface area contributed by atoms with Gasteiger partial charge in [-0.3, -0.25) is 9.69 Å². The Morgan fingerprint density at radius 3 is 2.66 bits per heavy atom. The summed E-state index contributed by atoms with van der Waals surface area (Å²) in [6.45, 7) is 5.06. The number of aliphatic hydroxyl groups is 1. The molecule has 8 heteroatoms. The van der Waals surface area contributed by atoms with Crippen LogP contribution in [-0.4, -0.2) is 80.1 Å². The first-order valence-corrected chi connectivity index (χ1v) is 12.5. The van der Waals surface area contributed by atoms with Gasteiger partial charge in [0, 0.05) is 49.1 Å². The third-order valence-corrected chi connectivity index (χ3v) is 8.97. The molecule has 3 aliphatic heterocycles. The third-order valence-electron chi connectivity index (χ3n) is 8.97. The first-order valence-electron chi connectivity index (χ1n) is 12.5. The Balaban J connectivity index is 1.85. The number of likely N-dealkylation sites (N-methyl/N-ethyl adjacent to an activating group) is 1. The van der Waals surface area contributed by atoms with E-state index in [0.29, 0.717) is 12.2 Å². The Hall–Kier alpha value is -2.58. The Bertz CT molecular complexity index is 1070. The third kappa shape index (κ3) is 2.93. The Kier molecular flexibility index (Phi) is 5.68. The molecule has 3 heterocycles. The summed E-state index contributed by atoms with van der Waals surface area (Å²) in [7, 11) is 4.81. The zero-order chi connectivity index (χ0) is 25.2. The molecule has 0 aromatic heterocycles. The summed E-state index contributed by atoms with van der Waals surface area (Å²) in [5, 5.41) is 12.6. The van der Waals surface area contributed by atoms with Gasteiger partial charge in [0.1, 0.15) is 5.75 Å². The molecule has 2 fully saturated rings. The monoisotopic (exact) mass is 484 g/mol. The van der Waals surface area contributed by atoms with Crippen molar-refractivity contribution in [2.24, 2.45) is 5.41 Å². The summed E-state index contributed by atoms with van der Waals surface area (Å²) >= 11 is 0. The molecule has 5 rings (SSSR count). The zero-order valence-corrected chi connectivity index (χ0v) is 21.2. The van der Waals surface area contributed by atoms with Gasteiger partial charge < -0.3 is 24.2 Å². The van der Waals surface area contributed by atoms with Crippen molar-refractivity contribution in [3.63, 3.8) is 0 Å².